The Balaban J connectivity index is 0.00000324. The van der Waals surface area contributed by atoms with Crippen molar-refractivity contribution in [1.29, 1.82) is 0 Å². The molecule has 2 aromatic heterocycles. The number of primary amides is 1. The van der Waals surface area contributed by atoms with E-state index in [-0.39, 0.29) is 30.2 Å². The molecule has 0 bridgehead atoms. The minimum Gasteiger partial charge on any atom is -0.438 e. The van der Waals surface area contributed by atoms with Gasteiger partial charge in [0.1, 0.15) is 17.1 Å². The van der Waals surface area contributed by atoms with Crippen molar-refractivity contribution >= 4 is 46.0 Å². The average molecular weight is 548 g/mol. The highest BCUT2D eigenvalue weighted by atomic mass is 79.9. The van der Waals surface area contributed by atoms with Crippen molar-refractivity contribution < 1.29 is 9.53 Å². The minimum absolute atomic E-state index is 0. The zero-order valence-corrected chi connectivity index (χ0v) is 21.5. The number of nitrogens with zero attached hydrogens (tertiary/aromatic N) is 4. The average Bonchev–Trinajstić information content (AvgIpc) is 2.81. The number of carbonyl (C=O) groups is 1. The Morgan fingerprint density at radius 3 is 2.47 bits per heavy atom. The Hall–Kier alpha value is -2.91. The predicted molar refractivity (Wildman–Crippen MR) is 139 cm³/mol. The third-order valence-corrected chi connectivity index (χ3v) is 6.36. The molecule has 4 rings (SSSR count). The van der Waals surface area contributed by atoms with E-state index in [0.29, 0.717) is 17.3 Å². The SMILES string of the molecule is CN(C)c1nc(NC2CCC(c3ccnc(Oc4ccccc4)c3C(N)=O)CC2)ncc1Br.Cl. The summed E-state index contributed by atoms with van der Waals surface area (Å²) in [6.45, 7) is 0. The van der Waals surface area contributed by atoms with Crippen LogP contribution in [-0.2, 0) is 0 Å². The van der Waals surface area contributed by atoms with Crippen LogP contribution in [0.15, 0.2) is 53.3 Å². The fourth-order valence-electron chi connectivity index (χ4n) is 4.19. The van der Waals surface area contributed by atoms with Crippen LogP contribution in [-0.4, -0.2) is 41.0 Å². The second-order valence-electron chi connectivity index (χ2n) is 8.31. The summed E-state index contributed by atoms with van der Waals surface area (Å²) < 4.78 is 6.75. The van der Waals surface area contributed by atoms with Crippen molar-refractivity contribution in [1.82, 2.24) is 15.0 Å². The first-order chi connectivity index (χ1) is 15.9. The van der Waals surface area contributed by atoms with Gasteiger partial charge in [-0.1, -0.05) is 18.2 Å². The van der Waals surface area contributed by atoms with E-state index in [1.807, 2.05) is 55.4 Å². The lowest BCUT2D eigenvalue weighted by atomic mass is 9.80. The van der Waals surface area contributed by atoms with Crippen LogP contribution in [0.25, 0.3) is 0 Å². The molecule has 10 heteroatoms. The van der Waals surface area contributed by atoms with Gasteiger partial charge in [0.2, 0.25) is 11.8 Å². The van der Waals surface area contributed by atoms with E-state index in [1.54, 1.807) is 12.4 Å². The normalized spacial score (nSPS) is 17.4. The Labute approximate surface area is 213 Å². The fraction of sp³-hybridized carbons (Fsp3) is 0.333. The van der Waals surface area contributed by atoms with Crippen molar-refractivity contribution in [2.24, 2.45) is 5.73 Å². The molecular formula is C24H28BrClN6O2. The maximum atomic E-state index is 12.4. The van der Waals surface area contributed by atoms with Gasteiger partial charge in [0.25, 0.3) is 5.91 Å². The topological polar surface area (TPSA) is 106 Å². The number of para-hydroxylation sites is 1. The summed E-state index contributed by atoms with van der Waals surface area (Å²) in [6.07, 6.45) is 7.12. The minimum atomic E-state index is -0.524. The van der Waals surface area contributed by atoms with Crippen molar-refractivity contribution in [2.45, 2.75) is 37.6 Å². The number of hydrogen-bond donors (Lipinski definition) is 2. The van der Waals surface area contributed by atoms with Gasteiger partial charge in [0.05, 0.1) is 4.47 Å². The number of benzene rings is 1. The molecule has 0 atom stereocenters. The molecule has 34 heavy (non-hydrogen) atoms. The van der Waals surface area contributed by atoms with Crippen LogP contribution in [0.2, 0.25) is 0 Å². The van der Waals surface area contributed by atoms with Gasteiger partial charge in [-0.15, -0.1) is 12.4 Å². The van der Waals surface area contributed by atoms with E-state index in [4.69, 9.17) is 10.5 Å². The number of ether oxygens (including phenoxy) is 1. The summed E-state index contributed by atoms with van der Waals surface area (Å²) >= 11 is 3.49. The van der Waals surface area contributed by atoms with Gasteiger partial charge in [-0.05, 0) is 71.3 Å². The maximum absolute atomic E-state index is 12.4. The van der Waals surface area contributed by atoms with Gasteiger partial charge < -0.3 is 20.7 Å². The Morgan fingerprint density at radius 2 is 1.82 bits per heavy atom. The summed E-state index contributed by atoms with van der Waals surface area (Å²) in [6, 6.07) is 11.4. The standard InChI is InChI=1S/C24H27BrN6O2.ClH/c1-31(2)22-19(25)14-28-24(30-22)29-16-10-8-15(9-11-16)18-12-13-27-23(20(18)21(26)32)33-17-6-4-3-5-7-17;/h3-7,12-16H,8-11H2,1-2H3,(H2,26,32)(H,28,29,30);1H. The monoisotopic (exact) mass is 546 g/mol. The van der Waals surface area contributed by atoms with Gasteiger partial charge in [-0.2, -0.15) is 4.98 Å². The van der Waals surface area contributed by atoms with Crippen LogP contribution in [0.4, 0.5) is 11.8 Å². The molecular weight excluding hydrogens is 520 g/mol. The first-order valence-electron chi connectivity index (χ1n) is 10.9. The number of halogens is 2. The summed E-state index contributed by atoms with van der Waals surface area (Å²) in [5, 5.41) is 3.46. The first-order valence-corrected chi connectivity index (χ1v) is 11.7. The van der Waals surface area contributed by atoms with Crippen molar-refractivity contribution in [3.05, 3.63) is 64.4 Å². The highest BCUT2D eigenvalue weighted by Crippen LogP contribution is 2.38. The molecule has 1 saturated carbocycles. The number of aromatic nitrogens is 3. The van der Waals surface area contributed by atoms with E-state index in [2.05, 4.69) is 36.2 Å². The van der Waals surface area contributed by atoms with E-state index in [1.165, 1.54) is 0 Å². The molecule has 1 amide bonds. The van der Waals surface area contributed by atoms with Gasteiger partial charge in [0.15, 0.2) is 0 Å². The summed E-state index contributed by atoms with van der Waals surface area (Å²) in [5.41, 5.74) is 7.03. The molecule has 3 N–H and O–H groups in total. The molecule has 1 aliphatic carbocycles. The van der Waals surface area contributed by atoms with Gasteiger partial charge in [0, 0.05) is 32.5 Å². The lowest BCUT2D eigenvalue weighted by Crippen LogP contribution is -2.28. The van der Waals surface area contributed by atoms with Crippen LogP contribution in [0.1, 0.15) is 47.5 Å². The number of anilines is 2. The zero-order valence-electron chi connectivity index (χ0n) is 19.1. The Morgan fingerprint density at radius 1 is 1.12 bits per heavy atom. The molecule has 1 aromatic carbocycles. The number of hydrogen-bond acceptors (Lipinski definition) is 7. The fourth-order valence-corrected chi connectivity index (χ4v) is 4.74. The molecule has 8 nitrogen and oxygen atoms in total. The van der Waals surface area contributed by atoms with E-state index in [0.717, 1.165) is 41.5 Å². The van der Waals surface area contributed by atoms with Crippen LogP contribution >= 0.6 is 28.3 Å². The number of nitrogens with one attached hydrogen (secondary N) is 1. The molecule has 0 saturated heterocycles. The first kappa shape index (κ1) is 25.7. The van der Waals surface area contributed by atoms with Crippen LogP contribution in [0, 0.1) is 0 Å². The zero-order chi connectivity index (χ0) is 23.4. The third-order valence-electron chi connectivity index (χ3n) is 5.80. The molecule has 2 heterocycles. The van der Waals surface area contributed by atoms with E-state index >= 15 is 0 Å². The summed E-state index contributed by atoms with van der Waals surface area (Å²) in [7, 11) is 3.89. The number of rotatable bonds is 7. The van der Waals surface area contributed by atoms with Gasteiger partial charge in [-0.3, -0.25) is 4.79 Å². The van der Waals surface area contributed by atoms with Crippen LogP contribution < -0.4 is 20.7 Å². The van der Waals surface area contributed by atoms with Crippen LogP contribution in [0.3, 0.4) is 0 Å². The van der Waals surface area contributed by atoms with Crippen molar-refractivity contribution in [2.75, 3.05) is 24.3 Å². The summed E-state index contributed by atoms with van der Waals surface area (Å²) in [4.78, 5) is 27.6. The lowest BCUT2D eigenvalue weighted by Gasteiger charge is -2.30. The number of nitrogens with two attached hydrogens (primary N) is 1. The van der Waals surface area contributed by atoms with Crippen molar-refractivity contribution in [3.63, 3.8) is 0 Å². The second-order valence-corrected chi connectivity index (χ2v) is 9.17. The largest absolute Gasteiger partial charge is 0.438 e. The lowest BCUT2D eigenvalue weighted by molar-refractivity contribution is 0.0995. The second kappa shape index (κ2) is 11.5. The quantitative estimate of drug-likeness (QED) is 0.421. The molecule has 1 fully saturated rings. The number of amides is 1. The predicted octanol–water partition coefficient (Wildman–Crippen LogP) is 5.15. The van der Waals surface area contributed by atoms with Crippen LogP contribution in [0.5, 0.6) is 11.6 Å². The smallest absolute Gasteiger partial charge is 0.254 e. The molecule has 1 aliphatic rings. The molecule has 0 radical (unpaired) electrons. The maximum Gasteiger partial charge on any atom is 0.254 e. The molecule has 0 aliphatic heterocycles. The molecule has 0 spiro atoms. The van der Waals surface area contributed by atoms with Gasteiger partial charge in [-0.25, -0.2) is 9.97 Å². The summed E-state index contributed by atoms with van der Waals surface area (Å²) in [5.74, 6) is 1.99. The Bertz CT molecular complexity index is 1120. The van der Waals surface area contributed by atoms with Crippen molar-refractivity contribution in [3.8, 4) is 11.6 Å². The van der Waals surface area contributed by atoms with Gasteiger partial charge >= 0.3 is 0 Å². The highest BCUT2D eigenvalue weighted by Gasteiger charge is 2.28. The third kappa shape index (κ3) is 5.95. The highest BCUT2D eigenvalue weighted by molar-refractivity contribution is 9.10. The molecule has 3 aromatic rings. The Kier molecular flexibility index (Phi) is 8.68. The molecule has 180 valence electrons. The number of pyridine rings is 1. The van der Waals surface area contributed by atoms with E-state index in [9.17, 15) is 4.79 Å². The number of carbonyl (C=O) groups excluding carboxylic acids is 1. The van der Waals surface area contributed by atoms with E-state index < -0.39 is 5.91 Å². The molecule has 0 unspecified atom stereocenters.